The molecule has 0 N–H and O–H groups in total. The van der Waals surface area contributed by atoms with Crippen LogP contribution in [0.5, 0.6) is 0 Å². The number of nitrogens with zero attached hydrogens (tertiary/aromatic N) is 9. The summed E-state index contributed by atoms with van der Waals surface area (Å²) in [5.41, 5.74) is 1.38. The average Bonchev–Trinajstić information content (AvgIpc) is 3.24. The van der Waals surface area contributed by atoms with Gasteiger partial charge in [0.15, 0.2) is 17.1 Å². The maximum Gasteiger partial charge on any atom is 0.306 e. The second-order valence-electron chi connectivity index (χ2n) is 5.57. The maximum absolute atomic E-state index is 10.7. The number of aryl methyl sites for hydroxylation is 1. The first-order valence-corrected chi connectivity index (χ1v) is 7.23. The normalized spacial score (nSPS) is 12.9. The molecule has 4 heterocycles. The van der Waals surface area contributed by atoms with Gasteiger partial charge in [-0.25, -0.2) is 14.5 Å². The average molecular weight is 327 g/mol. The molecule has 11 heteroatoms. The van der Waals surface area contributed by atoms with E-state index in [2.05, 4.69) is 25.3 Å². The summed E-state index contributed by atoms with van der Waals surface area (Å²) in [6.07, 6.45) is 5.93. The van der Waals surface area contributed by atoms with Crippen LogP contribution >= 0.6 is 0 Å². The van der Waals surface area contributed by atoms with Crippen LogP contribution in [0.15, 0.2) is 24.9 Å². The Labute approximate surface area is 134 Å². The first-order chi connectivity index (χ1) is 11.5. The maximum atomic E-state index is 10.7. The molecule has 0 aliphatic rings. The molecule has 0 amide bonds. The molecular weight excluding hydrogens is 314 g/mol. The highest BCUT2D eigenvalue weighted by molar-refractivity contribution is 5.88. The van der Waals surface area contributed by atoms with E-state index >= 15 is 0 Å². The molecule has 0 saturated heterocycles. The molecule has 0 aliphatic heterocycles. The molecule has 4 rings (SSSR count). The van der Waals surface area contributed by atoms with E-state index in [1.165, 1.54) is 17.1 Å². The predicted molar refractivity (Wildman–Crippen MR) is 82.4 cm³/mol. The quantitative estimate of drug-likeness (QED) is 0.403. The number of hydrogen-bond donors (Lipinski definition) is 0. The van der Waals surface area contributed by atoms with Gasteiger partial charge in [-0.3, -0.25) is 19.5 Å². The van der Waals surface area contributed by atoms with E-state index in [-0.39, 0.29) is 11.6 Å². The monoisotopic (exact) mass is 327 g/mol. The predicted octanol–water partition coefficient (Wildman–Crippen LogP) is 0.919. The molecule has 1 unspecified atom stereocenters. The molecule has 0 fully saturated rings. The van der Waals surface area contributed by atoms with Crippen molar-refractivity contribution >= 4 is 22.4 Å². The van der Waals surface area contributed by atoms with Crippen LogP contribution in [0.25, 0.3) is 16.7 Å². The van der Waals surface area contributed by atoms with Crippen LogP contribution in [-0.2, 0) is 13.6 Å². The fraction of sp³-hybridized carbons (Fsp3) is 0.308. The van der Waals surface area contributed by atoms with Crippen LogP contribution in [0.1, 0.15) is 18.7 Å². The van der Waals surface area contributed by atoms with Crippen LogP contribution in [0, 0.1) is 10.1 Å². The molecule has 0 aromatic carbocycles. The minimum Gasteiger partial charge on any atom is -0.265 e. The Bertz CT molecular complexity index is 1060. The van der Waals surface area contributed by atoms with Crippen LogP contribution < -0.4 is 0 Å². The zero-order valence-electron chi connectivity index (χ0n) is 12.9. The molecule has 4 aromatic heterocycles. The Morgan fingerprint density at radius 1 is 1.29 bits per heavy atom. The van der Waals surface area contributed by atoms with Crippen molar-refractivity contribution < 1.29 is 4.92 Å². The van der Waals surface area contributed by atoms with Gasteiger partial charge in [-0.05, 0) is 0 Å². The van der Waals surface area contributed by atoms with Gasteiger partial charge in [-0.1, -0.05) is 6.92 Å². The third-order valence-corrected chi connectivity index (χ3v) is 3.82. The summed E-state index contributed by atoms with van der Waals surface area (Å²) in [6.45, 7) is 2.38. The van der Waals surface area contributed by atoms with Gasteiger partial charge < -0.3 is 0 Å². The molecule has 0 radical (unpaired) electrons. The van der Waals surface area contributed by atoms with Gasteiger partial charge in [0.1, 0.15) is 18.7 Å². The number of hydrogen-bond acceptors (Lipinski definition) is 7. The van der Waals surface area contributed by atoms with Gasteiger partial charge in [0.2, 0.25) is 0 Å². The van der Waals surface area contributed by atoms with E-state index in [0.29, 0.717) is 18.0 Å². The summed E-state index contributed by atoms with van der Waals surface area (Å²) in [7, 11) is 1.82. The first kappa shape index (κ1) is 14.2. The summed E-state index contributed by atoms with van der Waals surface area (Å²) in [4.78, 5) is 19.1. The molecule has 1 atom stereocenters. The Hall–Kier alpha value is -3.37. The van der Waals surface area contributed by atoms with Gasteiger partial charge >= 0.3 is 5.69 Å². The van der Waals surface area contributed by atoms with E-state index in [0.717, 1.165) is 11.0 Å². The largest absolute Gasteiger partial charge is 0.306 e. The molecule has 122 valence electrons. The smallest absolute Gasteiger partial charge is 0.265 e. The Kier molecular flexibility index (Phi) is 3.01. The van der Waals surface area contributed by atoms with E-state index < -0.39 is 4.92 Å². The lowest BCUT2D eigenvalue weighted by Gasteiger charge is -2.06. The fourth-order valence-corrected chi connectivity index (χ4v) is 2.57. The lowest BCUT2D eigenvalue weighted by molar-refractivity contribution is -0.385. The van der Waals surface area contributed by atoms with Crippen LogP contribution in [0.3, 0.4) is 0 Å². The van der Waals surface area contributed by atoms with Gasteiger partial charge in [0.25, 0.3) is 0 Å². The SMILES string of the molecule is CC(Cn1cc([N+](=O)[O-])cn1)c1nc2c3cnn(C)c3ncn2n1. The highest BCUT2D eigenvalue weighted by Gasteiger charge is 2.17. The fourth-order valence-electron chi connectivity index (χ4n) is 2.57. The van der Waals surface area contributed by atoms with E-state index in [9.17, 15) is 10.1 Å². The third kappa shape index (κ3) is 2.17. The van der Waals surface area contributed by atoms with Crippen molar-refractivity contribution in [3.8, 4) is 0 Å². The molecule has 0 saturated carbocycles. The lowest BCUT2D eigenvalue weighted by Crippen LogP contribution is -2.08. The first-order valence-electron chi connectivity index (χ1n) is 7.23. The van der Waals surface area contributed by atoms with Crippen LogP contribution in [-0.4, -0.2) is 44.1 Å². The summed E-state index contributed by atoms with van der Waals surface area (Å²) < 4.78 is 4.81. The Morgan fingerprint density at radius 3 is 2.88 bits per heavy atom. The topological polar surface area (TPSA) is 122 Å². The molecule has 4 aromatic rings. The number of nitro groups is 1. The van der Waals surface area contributed by atoms with Gasteiger partial charge in [0.05, 0.1) is 23.1 Å². The molecule has 0 bridgehead atoms. The number of aromatic nitrogens is 8. The third-order valence-electron chi connectivity index (χ3n) is 3.82. The van der Waals surface area contributed by atoms with Crippen molar-refractivity contribution in [3.63, 3.8) is 0 Å². The second kappa shape index (κ2) is 5.08. The molecule has 24 heavy (non-hydrogen) atoms. The van der Waals surface area contributed by atoms with Crippen molar-refractivity contribution in [1.29, 1.82) is 0 Å². The summed E-state index contributed by atoms with van der Waals surface area (Å²) in [5.74, 6) is 0.544. The Balaban J connectivity index is 1.67. The van der Waals surface area contributed by atoms with Crippen molar-refractivity contribution in [2.45, 2.75) is 19.4 Å². The molecule has 11 nitrogen and oxygen atoms in total. The van der Waals surface area contributed by atoms with Gasteiger partial charge in [0, 0.05) is 13.0 Å². The van der Waals surface area contributed by atoms with Crippen molar-refractivity contribution in [2.24, 2.45) is 7.05 Å². The molecule has 0 spiro atoms. The number of rotatable bonds is 4. The van der Waals surface area contributed by atoms with Gasteiger partial charge in [-0.2, -0.15) is 10.2 Å². The lowest BCUT2D eigenvalue weighted by atomic mass is 10.2. The van der Waals surface area contributed by atoms with Crippen LogP contribution in [0.2, 0.25) is 0 Å². The zero-order chi connectivity index (χ0) is 16.8. The summed E-state index contributed by atoms with van der Waals surface area (Å²) in [5, 5.41) is 24.2. The van der Waals surface area contributed by atoms with E-state index in [1.807, 2.05) is 14.0 Å². The van der Waals surface area contributed by atoms with Crippen molar-refractivity contribution in [1.82, 2.24) is 39.1 Å². The Morgan fingerprint density at radius 2 is 2.12 bits per heavy atom. The minimum absolute atomic E-state index is 0.0357. The highest BCUT2D eigenvalue weighted by Crippen LogP contribution is 2.20. The van der Waals surface area contributed by atoms with E-state index in [1.54, 1.807) is 21.7 Å². The molecule has 0 aliphatic carbocycles. The molecular formula is C13H13N9O2. The minimum atomic E-state index is -0.470. The number of fused-ring (bicyclic) bond motifs is 3. The second-order valence-corrected chi connectivity index (χ2v) is 5.57. The summed E-state index contributed by atoms with van der Waals surface area (Å²) in [6, 6.07) is 0. The van der Waals surface area contributed by atoms with E-state index in [4.69, 9.17) is 0 Å². The summed E-state index contributed by atoms with van der Waals surface area (Å²) >= 11 is 0. The van der Waals surface area contributed by atoms with Gasteiger partial charge in [-0.15, -0.1) is 5.10 Å². The zero-order valence-corrected chi connectivity index (χ0v) is 12.9. The van der Waals surface area contributed by atoms with Crippen molar-refractivity contribution in [2.75, 3.05) is 0 Å². The highest BCUT2D eigenvalue weighted by atomic mass is 16.6. The standard InChI is InChI=1S/C13H13N9O2/c1-8(5-20-6-9(3-16-20)22(23)24)11-17-13-10-4-15-19(2)12(10)14-7-21(13)18-11/h3-4,6-8H,5H2,1-2H3. The van der Waals surface area contributed by atoms with Crippen molar-refractivity contribution in [3.05, 3.63) is 40.9 Å². The van der Waals surface area contributed by atoms with Crippen LogP contribution in [0.4, 0.5) is 5.69 Å².